The van der Waals surface area contributed by atoms with Gasteiger partial charge in [-0.2, -0.15) is 0 Å². The summed E-state index contributed by atoms with van der Waals surface area (Å²) < 4.78 is 21.3. The van der Waals surface area contributed by atoms with Crippen molar-refractivity contribution in [1.82, 2.24) is 0 Å². The Morgan fingerprint density at radius 3 is 1.97 bits per heavy atom. The second-order valence-corrected chi connectivity index (χ2v) is 18.1. The number of hydrogen-bond acceptors (Lipinski definition) is 8. The summed E-state index contributed by atoms with van der Waals surface area (Å²) >= 11 is 17.1. The van der Waals surface area contributed by atoms with Gasteiger partial charge >= 0.3 is 11.9 Å². The molecule has 0 aromatic heterocycles. The molecule has 0 radical (unpaired) electrons. The molecule has 8 nitrogen and oxygen atoms in total. The lowest BCUT2D eigenvalue weighted by Crippen LogP contribution is -2.71. The lowest BCUT2D eigenvalue weighted by molar-refractivity contribution is -0.434. The Morgan fingerprint density at radius 2 is 1.54 bits per heavy atom. The Kier molecular flexibility index (Phi) is 11.3. The van der Waals surface area contributed by atoms with E-state index in [1.807, 2.05) is 59.7 Å². The third-order valence-electron chi connectivity index (χ3n) is 6.90. The molecule has 12 heteroatoms. The summed E-state index contributed by atoms with van der Waals surface area (Å²) in [6, 6.07) is 9.06. The molecule has 0 amide bonds. The number of aliphatic hydroxyl groups is 3. The van der Waals surface area contributed by atoms with Crippen LogP contribution in [-0.4, -0.2) is 69.9 Å². The van der Waals surface area contributed by atoms with Crippen molar-refractivity contribution in [2.75, 3.05) is 0 Å². The largest absolute Gasteiger partial charge is 0.453 e. The van der Waals surface area contributed by atoms with Crippen molar-refractivity contribution in [2.45, 2.75) is 112 Å². The third-order valence-corrected chi connectivity index (χ3v) is 13.4. The minimum atomic E-state index is -2.84. The van der Waals surface area contributed by atoms with E-state index in [0.29, 0.717) is 0 Å². The topological polar surface area (TPSA) is 115 Å². The van der Waals surface area contributed by atoms with Gasteiger partial charge in [-0.05, 0) is 29.1 Å². The van der Waals surface area contributed by atoms with Gasteiger partial charge in [-0.3, -0.25) is 0 Å². The minimum Gasteiger partial charge on any atom is -0.453 e. The van der Waals surface area contributed by atoms with Gasteiger partial charge in [0.1, 0.15) is 12.2 Å². The van der Waals surface area contributed by atoms with Crippen LogP contribution < -0.4 is 0 Å². The van der Waals surface area contributed by atoms with Crippen molar-refractivity contribution in [3.63, 3.8) is 0 Å². The minimum absolute atomic E-state index is 0.0197. The summed E-state index contributed by atoms with van der Waals surface area (Å²) in [5.74, 6) is -3.82. The normalized spacial score (nSPS) is 28.1. The van der Waals surface area contributed by atoms with Crippen LogP contribution >= 0.6 is 34.8 Å². The van der Waals surface area contributed by atoms with E-state index < -0.39 is 54.6 Å². The number of hydrogen-bond donors (Lipinski definition) is 3. The molecule has 1 aromatic carbocycles. The highest BCUT2D eigenvalue weighted by Gasteiger charge is 2.62. The fourth-order valence-corrected chi connectivity index (χ4v) is 10.8. The number of carbonyl (C=O) groups excluding carboxylic acids is 1. The van der Waals surface area contributed by atoms with Gasteiger partial charge in [-0.1, -0.05) is 107 Å². The molecular formula is C25H39Cl3O8Si. The molecule has 2 rings (SSSR count). The zero-order valence-electron chi connectivity index (χ0n) is 22.2. The quantitative estimate of drug-likeness (QED) is 0.151. The summed E-state index contributed by atoms with van der Waals surface area (Å²) in [6.45, 7) is 13.4. The van der Waals surface area contributed by atoms with Crippen LogP contribution in [0.2, 0.25) is 16.6 Å². The maximum Gasteiger partial charge on any atom is 0.359 e. The fraction of sp³-hybridized carbons (Fsp3) is 0.720. The molecule has 0 saturated carbocycles. The van der Waals surface area contributed by atoms with E-state index in [9.17, 15) is 20.1 Å². The number of rotatable bonds is 10. The summed E-state index contributed by atoms with van der Waals surface area (Å²) in [7, 11) is -2.84. The number of benzene rings is 1. The first kappa shape index (κ1) is 32.7. The molecule has 3 N–H and O–H groups in total. The van der Waals surface area contributed by atoms with Gasteiger partial charge in [0.05, 0.1) is 12.7 Å². The van der Waals surface area contributed by atoms with Crippen molar-refractivity contribution in [3.8, 4) is 0 Å². The zero-order chi connectivity index (χ0) is 28.3. The molecule has 0 bridgehead atoms. The van der Waals surface area contributed by atoms with Crippen LogP contribution in [0, 0.1) is 0 Å². The number of carbonyl (C=O) groups is 1. The number of halogens is 3. The summed E-state index contributed by atoms with van der Waals surface area (Å²) in [5, 5.41) is 33.8. The molecule has 1 aromatic rings. The summed E-state index contributed by atoms with van der Waals surface area (Å²) in [6.07, 6.45) is -7.38. The second-order valence-electron chi connectivity index (χ2n) is 10.4. The van der Waals surface area contributed by atoms with E-state index in [1.54, 1.807) is 12.1 Å². The van der Waals surface area contributed by atoms with E-state index in [1.165, 1.54) is 6.92 Å². The molecule has 1 unspecified atom stereocenters. The predicted octanol–water partition coefficient (Wildman–Crippen LogP) is 4.83. The standard InChI is InChI=1S/C25H39Cl3O8Si/c1-14(2)37(15(3)4,16(5)6)36-25(32)22(30)21(33-13-18-11-9-8-10-12-18)20(19(35-25)17(7)29)34-23(31)24(26,27)28/h8-12,14-17,19-22,29-30,32H,13H2,1-7H3/t17?,19-,20+,21-,22+,25+/m0/s1. The van der Waals surface area contributed by atoms with E-state index in [2.05, 4.69) is 0 Å². The van der Waals surface area contributed by atoms with Gasteiger partial charge < -0.3 is 34.0 Å². The van der Waals surface area contributed by atoms with E-state index in [0.717, 1.165) is 5.56 Å². The first-order valence-corrected chi connectivity index (χ1v) is 15.6. The maximum atomic E-state index is 12.5. The second kappa shape index (κ2) is 12.8. The van der Waals surface area contributed by atoms with Crippen molar-refractivity contribution in [1.29, 1.82) is 0 Å². The maximum absolute atomic E-state index is 12.5. The van der Waals surface area contributed by atoms with E-state index >= 15 is 0 Å². The average molecular weight is 602 g/mol. The number of ether oxygens (including phenoxy) is 3. The molecule has 1 fully saturated rings. The van der Waals surface area contributed by atoms with Gasteiger partial charge in [0.15, 0.2) is 12.2 Å². The van der Waals surface area contributed by atoms with Gasteiger partial charge in [-0.15, -0.1) is 0 Å². The highest BCUT2D eigenvalue weighted by molar-refractivity contribution is 6.77. The molecule has 1 saturated heterocycles. The number of esters is 1. The third kappa shape index (κ3) is 7.39. The molecule has 212 valence electrons. The molecule has 0 aliphatic carbocycles. The van der Waals surface area contributed by atoms with Gasteiger partial charge in [0, 0.05) is 0 Å². The zero-order valence-corrected chi connectivity index (χ0v) is 25.5. The van der Waals surface area contributed by atoms with Crippen LogP contribution in [0.5, 0.6) is 0 Å². The average Bonchev–Trinajstić information content (AvgIpc) is 2.78. The van der Waals surface area contributed by atoms with Gasteiger partial charge in [0.25, 0.3) is 3.79 Å². The fourth-order valence-electron chi connectivity index (χ4n) is 5.25. The van der Waals surface area contributed by atoms with Crippen molar-refractivity contribution < 1.29 is 38.8 Å². The van der Waals surface area contributed by atoms with Crippen molar-refractivity contribution in [2.24, 2.45) is 0 Å². The first-order valence-electron chi connectivity index (χ1n) is 12.4. The van der Waals surface area contributed by atoms with Crippen LogP contribution in [0.15, 0.2) is 30.3 Å². The Balaban J connectivity index is 2.56. The molecule has 1 heterocycles. The van der Waals surface area contributed by atoms with Crippen LogP contribution in [0.25, 0.3) is 0 Å². The molecular weight excluding hydrogens is 563 g/mol. The lowest BCUT2D eigenvalue weighted by Gasteiger charge is -2.53. The smallest absolute Gasteiger partial charge is 0.359 e. The predicted molar refractivity (Wildman–Crippen MR) is 145 cm³/mol. The summed E-state index contributed by atoms with van der Waals surface area (Å²) in [4.78, 5) is 12.5. The molecule has 6 atom stereocenters. The van der Waals surface area contributed by atoms with E-state index in [-0.39, 0.29) is 23.2 Å². The first-order chi connectivity index (χ1) is 17.0. The number of alkyl halides is 3. The molecule has 37 heavy (non-hydrogen) atoms. The van der Waals surface area contributed by atoms with Crippen molar-refractivity contribution >= 4 is 49.1 Å². The lowest BCUT2D eigenvalue weighted by atomic mass is 9.94. The van der Waals surface area contributed by atoms with E-state index in [4.69, 9.17) is 53.4 Å². The molecule has 1 aliphatic rings. The molecule has 0 spiro atoms. The number of aliphatic hydroxyl groups excluding tert-OH is 2. The highest BCUT2D eigenvalue weighted by Crippen LogP contribution is 2.47. The Bertz CT molecular complexity index is 859. The van der Waals surface area contributed by atoms with Gasteiger partial charge in [-0.25, -0.2) is 4.79 Å². The van der Waals surface area contributed by atoms with Crippen LogP contribution in [0.1, 0.15) is 54.0 Å². The monoisotopic (exact) mass is 600 g/mol. The van der Waals surface area contributed by atoms with Crippen LogP contribution in [0.4, 0.5) is 0 Å². The Hall–Kier alpha value is -0.463. The van der Waals surface area contributed by atoms with Crippen LogP contribution in [0.3, 0.4) is 0 Å². The Morgan fingerprint density at radius 1 is 1.03 bits per heavy atom. The van der Waals surface area contributed by atoms with Crippen LogP contribution in [-0.2, 0) is 30.0 Å². The molecule has 1 aliphatic heterocycles. The SMILES string of the molecule is CC(O)[C@@H]1O[C@@](O)(O[Si](C(C)C)(C(C)C)C(C)C)[C@H](O)[C@@H](OCc2ccccc2)[C@@H]1OC(=O)C(Cl)(Cl)Cl. The van der Waals surface area contributed by atoms with Gasteiger partial charge in [0.2, 0.25) is 8.32 Å². The summed E-state index contributed by atoms with van der Waals surface area (Å²) in [5.41, 5.74) is 0.837. The van der Waals surface area contributed by atoms with Crippen molar-refractivity contribution in [3.05, 3.63) is 35.9 Å². The highest BCUT2D eigenvalue weighted by atomic mass is 35.6. The Labute approximate surface area is 235 Å².